The normalized spacial score (nSPS) is 14.4. The summed E-state index contributed by atoms with van der Waals surface area (Å²) in [6, 6.07) is 5.08. The Bertz CT molecular complexity index is 447. The summed E-state index contributed by atoms with van der Waals surface area (Å²) in [5, 5.41) is 13.1. The molecule has 1 aromatic rings. The van der Waals surface area contributed by atoms with Crippen LogP contribution in [0.4, 0.5) is 0 Å². The zero-order chi connectivity index (χ0) is 13.9. The van der Waals surface area contributed by atoms with E-state index < -0.39 is 5.60 Å². The SMILES string of the molecule is CC(C)C(C)(O)CNC(=O)c1cc(Br)ccc1Cl. The molecule has 0 aliphatic rings. The van der Waals surface area contributed by atoms with E-state index in [1.165, 1.54) is 0 Å². The highest BCUT2D eigenvalue weighted by atomic mass is 79.9. The minimum absolute atomic E-state index is 0.0516. The van der Waals surface area contributed by atoms with Gasteiger partial charge in [-0.2, -0.15) is 0 Å². The zero-order valence-electron chi connectivity index (χ0n) is 10.6. The Balaban J connectivity index is 2.75. The first-order valence-electron chi connectivity index (χ1n) is 5.69. The molecule has 0 bridgehead atoms. The summed E-state index contributed by atoms with van der Waals surface area (Å²) >= 11 is 9.25. The summed E-state index contributed by atoms with van der Waals surface area (Å²) in [5.74, 6) is -0.238. The Kier molecular flexibility index (Phi) is 5.20. The number of benzene rings is 1. The Hall–Kier alpha value is -0.580. The van der Waals surface area contributed by atoms with Crippen molar-refractivity contribution >= 4 is 33.4 Å². The number of carbonyl (C=O) groups excluding carboxylic acids is 1. The molecular weight excluding hydrogens is 318 g/mol. The average molecular weight is 335 g/mol. The molecule has 5 heteroatoms. The molecule has 0 aliphatic heterocycles. The summed E-state index contributed by atoms with van der Waals surface area (Å²) in [4.78, 5) is 12.0. The first-order valence-corrected chi connectivity index (χ1v) is 6.87. The maximum absolute atomic E-state index is 12.0. The van der Waals surface area contributed by atoms with Gasteiger partial charge in [0.2, 0.25) is 0 Å². The largest absolute Gasteiger partial charge is 0.388 e. The first kappa shape index (κ1) is 15.5. The van der Waals surface area contributed by atoms with Gasteiger partial charge >= 0.3 is 0 Å². The molecule has 1 aromatic carbocycles. The fourth-order valence-corrected chi connectivity index (χ4v) is 1.79. The lowest BCUT2D eigenvalue weighted by Crippen LogP contribution is -2.44. The van der Waals surface area contributed by atoms with Crippen molar-refractivity contribution in [1.29, 1.82) is 0 Å². The Labute approximate surface area is 121 Å². The van der Waals surface area contributed by atoms with Crippen molar-refractivity contribution in [2.45, 2.75) is 26.4 Å². The van der Waals surface area contributed by atoms with E-state index in [1.807, 2.05) is 13.8 Å². The Morgan fingerprint density at radius 1 is 1.56 bits per heavy atom. The molecule has 2 N–H and O–H groups in total. The van der Waals surface area contributed by atoms with E-state index >= 15 is 0 Å². The molecule has 18 heavy (non-hydrogen) atoms. The van der Waals surface area contributed by atoms with Crippen LogP contribution in [0, 0.1) is 5.92 Å². The standard InChI is InChI=1S/C13H17BrClNO2/c1-8(2)13(3,18)7-16-12(17)10-6-9(14)4-5-11(10)15/h4-6,8,18H,7H2,1-3H3,(H,16,17). The molecule has 0 radical (unpaired) electrons. The van der Waals surface area contributed by atoms with Gasteiger partial charge in [-0.05, 0) is 31.0 Å². The minimum Gasteiger partial charge on any atom is -0.388 e. The van der Waals surface area contributed by atoms with E-state index in [0.717, 1.165) is 4.47 Å². The summed E-state index contributed by atoms with van der Waals surface area (Å²) in [6.45, 7) is 5.68. The monoisotopic (exact) mass is 333 g/mol. The van der Waals surface area contributed by atoms with Gasteiger partial charge in [0.25, 0.3) is 5.91 Å². The lowest BCUT2D eigenvalue weighted by Gasteiger charge is -2.27. The van der Waals surface area contributed by atoms with Gasteiger partial charge in [-0.3, -0.25) is 4.79 Å². The third kappa shape index (κ3) is 3.97. The smallest absolute Gasteiger partial charge is 0.252 e. The summed E-state index contributed by atoms with van der Waals surface area (Å²) in [6.07, 6.45) is 0. The van der Waals surface area contributed by atoms with Gasteiger partial charge in [0, 0.05) is 11.0 Å². The number of aliphatic hydroxyl groups is 1. The maximum atomic E-state index is 12.0. The van der Waals surface area contributed by atoms with Crippen LogP contribution in [0.15, 0.2) is 22.7 Å². The minimum atomic E-state index is -0.936. The maximum Gasteiger partial charge on any atom is 0.252 e. The number of hydrogen-bond acceptors (Lipinski definition) is 2. The van der Waals surface area contributed by atoms with E-state index in [-0.39, 0.29) is 18.4 Å². The van der Waals surface area contributed by atoms with E-state index in [2.05, 4.69) is 21.2 Å². The molecule has 100 valence electrons. The first-order chi connectivity index (χ1) is 8.24. The number of rotatable bonds is 4. The highest BCUT2D eigenvalue weighted by Gasteiger charge is 2.25. The van der Waals surface area contributed by atoms with Crippen molar-refractivity contribution < 1.29 is 9.90 Å². The highest BCUT2D eigenvalue weighted by Crippen LogP contribution is 2.21. The summed E-state index contributed by atoms with van der Waals surface area (Å²) in [5.41, 5.74) is -0.542. The van der Waals surface area contributed by atoms with Crippen LogP contribution in [-0.4, -0.2) is 23.2 Å². The second kappa shape index (κ2) is 6.04. The van der Waals surface area contributed by atoms with E-state index in [4.69, 9.17) is 11.6 Å². The topological polar surface area (TPSA) is 49.3 Å². The molecule has 1 rings (SSSR count). The van der Waals surface area contributed by atoms with Crippen molar-refractivity contribution in [3.63, 3.8) is 0 Å². The molecule has 0 spiro atoms. The fraction of sp³-hybridized carbons (Fsp3) is 0.462. The number of hydrogen-bond donors (Lipinski definition) is 2. The second-order valence-corrected chi connectivity index (χ2v) is 6.14. The quantitative estimate of drug-likeness (QED) is 0.888. The molecule has 0 heterocycles. The van der Waals surface area contributed by atoms with Gasteiger partial charge in [-0.25, -0.2) is 0 Å². The number of halogens is 2. The van der Waals surface area contributed by atoms with Gasteiger partial charge in [-0.1, -0.05) is 41.4 Å². The van der Waals surface area contributed by atoms with Gasteiger partial charge < -0.3 is 10.4 Å². The summed E-state index contributed by atoms with van der Waals surface area (Å²) in [7, 11) is 0. The second-order valence-electron chi connectivity index (χ2n) is 4.82. The van der Waals surface area contributed by atoms with E-state index in [1.54, 1.807) is 25.1 Å². The fourth-order valence-electron chi connectivity index (χ4n) is 1.23. The highest BCUT2D eigenvalue weighted by molar-refractivity contribution is 9.10. The van der Waals surface area contributed by atoms with Crippen LogP contribution >= 0.6 is 27.5 Å². The molecule has 0 saturated carbocycles. The summed E-state index contributed by atoms with van der Waals surface area (Å²) < 4.78 is 0.785. The van der Waals surface area contributed by atoms with Crippen molar-refractivity contribution in [2.75, 3.05) is 6.54 Å². The third-order valence-corrected chi connectivity index (χ3v) is 3.85. The molecule has 1 amide bonds. The van der Waals surface area contributed by atoms with Gasteiger partial charge in [-0.15, -0.1) is 0 Å². The van der Waals surface area contributed by atoms with Crippen LogP contribution in [0.1, 0.15) is 31.1 Å². The molecule has 1 unspecified atom stereocenters. The predicted molar refractivity (Wildman–Crippen MR) is 76.9 cm³/mol. The zero-order valence-corrected chi connectivity index (χ0v) is 13.0. The molecule has 0 fully saturated rings. The van der Waals surface area contributed by atoms with Crippen LogP contribution < -0.4 is 5.32 Å². The molecule has 0 saturated heterocycles. The van der Waals surface area contributed by atoms with Gasteiger partial charge in [0.15, 0.2) is 0 Å². The Morgan fingerprint density at radius 3 is 2.72 bits per heavy atom. The molecular formula is C13H17BrClNO2. The lowest BCUT2D eigenvalue weighted by molar-refractivity contribution is 0.0142. The predicted octanol–water partition coefficient (Wildman–Crippen LogP) is 3.24. The molecule has 3 nitrogen and oxygen atoms in total. The Morgan fingerprint density at radius 2 is 2.17 bits per heavy atom. The molecule has 1 atom stereocenters. The average Bonchev–Trinajstić information content (AvgIpc) is 2.29. The van der Waals surface area contributed by atoms with Crippen LogP contribution in [-0.2, 0) is 0 Å². The van der Waals surface area contributed by atoms with Crippen LogP contribution in [0.5, 0.6) is 0 Å². The van der Waals surface area contributed by atoms with Crippen LogP contribution in [0.2, 0.25) is 5.02 Å². The van der Waals surface area contributed by atoms with Crippen LogP contribution in [0.3, 0.4) is 0 Å². The number of nitrogens with one attached hydrogen (secondary N) is 1. The number of carbonyl (C=O) groups is 1. The van der Waals surface area contributed by atoms with E-state index in [0.29, 0.717) is 10.6 Å². The van der Waals surface area contributed by atoms with Crippen molar-refractivity contribution in [3.8, 4) is 0 Å². The lowest BCUT2D eigenvalue weighted by atomic mass is 9.92. The van der Waals surface area contributed by atoms with Gasteiger partial charge in [0.05, 0.1) is 16.2 Å². The molecule has 0 aromatic heterocycles. The van der Waals surface area contributed by atoms with Crippen molar-refractivity contribution in [2.24, 2.45) is 5.92 Å². The number of amides is 1. The van der Waals surface area contributed by atoms with Crippen LogP contribution in [0.25, 0.3) is 0 Å². The molecule has 0 aliphatic carbocycles. The van der Waals surface area contributed by atoms with Gasteiger partial charge in [0.1, 0.15) is 0 Å². The van der Waals surface area contributed by atoms with E-state index in [9.17, 15) is 9.90 Å². The van der Waals surface area contributed by atoms with Crippen molar-refractivity contribution in [3.05, 3.63) is 33.3 Å². The van der Waals surface area contributed by atoms with Crippen molar-refractivity contribution in [1.82, 2.24) is 5.32 Å². The third-order valence-electron chi connectivity index (χ3n) is 3.02.